The molecule has 0 aliphatic heterocycles. The lowest BCUT2D eigenvalue weighted by molar-refractivity contribution is -0.142. The molecule has 0 atom stereocenters. The average molecular weight is 272 g/mol. The molecule has 0 heterocycles. The van der Waals surface area contributed by atoms with E-state index in [0.717, 1.165) is 0 Å². The van der Waals surface area contributed by atoms with Crippen molar-refractivity contribution in [3.63, 3.8) is 0 Å². The number of benzene rings is 1. The fourth-order valence-corrected chi connectivity index (χ4v) is 1.46. The summed E-state index contributed by atoms with van der Waals surface area (Å²) in [5.74, 6) is -0.849. The van der Waals surface area contributed by atoms with Gasteiger partial charge in [0.2, 0.25) is 0 Å². The Morgan fingerprint density at radius 1 is 1.30 bits per heavy atom. The van der Waals surface area contributed by atoms with Crippen LogP contribution in [0.25, 0.3) is 6.08 Å². The Morgan fingerprint density at radius 3 is 2.35 bits per heavy atom. The first-order valence-corrected chi connectivity index (χ1v) is 6.13. The van der Waals surface area contributed by atoms with Crippen LogP contribution in [0.2, 0.25) is 0 Å². The Hall–Kier alpha value is -2.61. The van der Waals surface area contributed by atoms with E-state index < -0.39 is 5.97 Å². The highest BCUT2D eigenvalue weighted by molar-refractivity contribution is 5.98. The van der Waals surface area contributed by atoms with Crippen LogP contribution in [-0.2, 0) is 9.53 Å². The highest BCUT2D eigenvalue weighted by atomic mass is 16.5. The van der Waals surface area contributed by atoms with Gasteiger partial charge in [0.1, 0.15) is 11.6 Å². The van der Waals surface area contributed by atoms with Gasteiger partial charge in [0.25, 0.3) is 5.91 Å². The number of hydrogen-bond acceptors (Lipinski definition) is 4. The maximum Gasteiger partial charge on any atom is 0.349 e. The minimum Gasteiger partial charge on any atom is -0.459 e. The van der Waals surface area contributed by atoms with E-state index in [0.29, 0.717) is 11.1 Å². The molecule has 0 unspecified atom stereocenters. The van der Waals surface area contributed by atoms with E-state index in [9.17, 15) is 9.59 Å². The standard InChI is InChI=1S/C15H16N2O3/c1-10(2)20-15(19)13(9-16)8-11-4-6-12(7-5-11)14(18)17-3/h4-8,10H,1-3H3,(H,17,18)/b13-8+. The highest BCUT2D eigenvalue weighted by Crippen LogP contribution is 2.10. The van der Waals surface area contributed by atoms with Crippen molar-refractivity contribution in [3.05, 3.63) is 41.0 Å². The zero-order chi connectivity index (χ0) is 15.1. The molecule has 0 spiro atoms. The molecule has 20 heavy (non-hydrogen) atoms. The van der Waals surface area contributed by atoms with Crippen LogP contribution >= 0.6 is 0 Å². The summed E-state index contributed by atoms with van der Waals surface area (Å²) in [5.41, 5.74) is 1.08. The molecular formula is C15H16N2O3. The first-order chi connectivity index (χ1) is 9.47. The summed E-state index contributed by atoms with van der Waals surface area (Å²) in [6, 6.07) is 8.36. The molecule has 0 saturated carbocycles. The normalized spacial score (nSPS) is 10.8. The fourth-order valence-electron chi connectivity index (χ4n) is 1.46. The van der Waals surface area contributed by atoms with Crippen LogP contribution in [0.4, 0.5) is 0 Å². The van der Waals surface area contributed by atoms with Crippen LogP contribution in [0.15, 0.2) is 29.8 Å². The molecule has 0 bridgehead atoms. The van der Waals surface area contributed by atoms with Crippen molar-refractivity contribution < 1.29 is 14.3 Å². The van der Waals surface area contributed by atoms with Gasteiger partial charge < -0.3 is 10.1 Å². The number of hydrogen-bond donors (Lipinski definition) is 1. The van der Waals surface area contributed by atoms with E-state index in [1.54, 1.807) is 45.2 Å². The van der Waals surface area contributed by atoms with Crippen molar-refractivity contribution in [1.29, 1.82) is 5.26 Å². The SMILES string of the molecule is CNC(=O)c1ccc(/C=C(\C#N)C(=O)OC(C)C)cc1. The Morgan fingerprint density at radius 2 is 1.90 bits per heavy atom. The number of carbonyl (C=O) groups excluding carboxylic acids is 2. The predicted molar refractivity (Wildman–Crippen MR) is 74.7 cm³/mol. The monoisotopic (exact) mass is 272 g/mol. The molecule has 5 nitrogen and oxygen atoms in total. The van der Waals surface area contributed by atoms with Crippen molar-refractivity contribution in [2.45, 2.75) is 20.0 Å². The van der Waals surface area contributed by atoms with Crippen molar-refractivity contribution in [2.75, 3.05) is 7.05 Å². The maximum atomic E-state index is 11.6. The third kappa shape index (κ3) is 4.25. The van der Waals surface area contributed by atoms with Crippen LogP contribution in [0.3, 0.4) is 0 Å². The van der Waals surface area contributed by atoms with Crippen molar-refractivity contribution >= 4 is 18.0 Å². The molecule has 1 aromatic carbocycles. The van der Waals surface area contributed by atoms with Gasteiger partial charge >= 0.3 is 5.97 Å². The van der Waals surface area contributed by atoms with Crippen molar-refractivity contribution in [1.82, 2.24) is 5.32 Å². The lowest BCUT2D eigenvalue weighted by Crippen LogP contribution is -2.17. The smallest absolute Gasteiger partial charge is 0.349 e. The van der Waals surface area contributed by atoms with Crippen molar-refractivity contribution in [2.24, 2.45) is 0 Å². The number of nitrogens with one attached hydrogen (secondary N) is 1. The van der Waals surface area contributed by atoms with Gasteiger partial charge in [-0.1, -0.05) is 12.1 Å². The second-order valence-electron chi connectivity index (χ2n) is 4.33. The molecule has 0 aliphatic carbocycles. The molecule has 104 valence electrons. The zero-order valence-electron chi connectivity index (χ0n) is 11.6. The molecular weight excluding hydrogens is 256 g/mol. The number of esters is 1. The van der Waals surface area contributed by atoms with E-state index in [-0.39, 0.29) is 17.6 Å². The van der Waals surface area contributed by atoms with Crippen LogP contribution in [0.5, 0.6) is 0 Å². The minimum absolute atomic E-state index is 0.0774. The zero-order valence-corrected chi connectivity index (χ0v) is 11.6. The molecule has 1 rings (SSSR count). The van der Waals surface area contributed by atoms with Gasteiger partial charge in [-0.15, -0.1) is 0 Å². The minimum atomic E-state index is -0.655. The van der Waals surface area contributed by atoms with Gasteiger partial charge in [-0.2, -0.15) is 5.26 Å². The van der Waals surface area contributed by atoms with Crippen LogP contribution in [0.1, 0.15) is 29.8 Å². The molecule has 0 saturated heterocycles. The second-order valence-corrected chi connectivity index (χ2v) is 4.33. The maximum absolute atomic E-state index is 11.6. The van der Waals surface area contributed by atoms with E-state index in [2.05, 4.69) is 5.32 Å². The average Bonchev–Trinajstić information content (AvgIpc) is 2.43. The Kier molecular flexibility index (Phi) is 5.48. The largest absolute Gasteiger partial charge is 0.459 e. The van der Waals surface area contributed by atoms with Crippen LogP contribution in [0, 0.1) is 11.3 Å². The number of nitriles is 1. The quantitative estimate of drug-likeness (QED) is 0.516. The number of amides is 1. The molecule has 1 N–H and O–H groups in total. The third-order valence-electron chi connectivity index (χ3n) is 2.39. The van der Waals surface area contributed by atoms with E-state index in [4.69, 9.17) is 10.00 Å². The summed E-state index contributed by atoms with van der Waals surface area (Å²) in [5, 5.41) is 11.5. The summed E-state index contributed by atoms with van der Waals surface area (Å²) in [6.45, 7) is 3.43. The summed E-state index contributed by atoms with van der Waals surface area (Å²) >= 11 is 0. The summed E-state index contributed by atoms with van der Waals surface area (Å²) < 4.78 is 4.96. The number of rotatable bonds is 4. The fraction of sp³-hybridized carbons (Fsp3) is 0.267. The predicted octanol–water partition coefficient (Wildman–Crippen LogP) is 1.90. The first kappa shape index (κ1) is 15.4. The van der Waals surface area contributed by atoms with Gasteiger partial charge in [-0.05, 0) is 37.6 Å². The topological polar surface area (TPSA) is 79.2 Å². The summed E-state index contributed by atoms with van der Waals surface area (Å²) in [7, 11) is 1.55. The van der Waals surface area contributed by atoms with Crippen LogP contribution < -0.4 is 5.32 Å². The lowest BCUT2D eigenvalue weighted by atomic mass is 10.1. The summed E-state index contributed by atoms with van der Waals surface area (Å²) in [6.07, 6.45) is 1.15. The molecule has 0 aromatic heterocycles. The van der Waals surface area contributed by atoms with Gasteiger partial charge in [0.15, 0.2) is 0 Å². The Bertz CT molecular complexity index is 566. The molecule has 0 fully saturated rings. The summed E-state index contributed by atoms with van der Waals surface area (Å²) in [4.78, 5) is 23.0. The Labute approximate surface area is 117 Å². The molecule has 0 radical (unpaired) electrons. The van der Waals surface area contributed by atoms with Gasteiger partial charge in [-0.25, -0.2) is 4.79 Å². The molecule has 0 aliphatic rings. The van der Waals surface area contributed by atoms with E-state index in [1.807, 2.05) is 6.07 Å². The number of carbonyl (C=O) groups is 2. The Balaban J connectivity index is 2.94. The number of nitrogens with zero attached hydrogens (tertiary/aromatic N) is 1. The van der Waals surface area contributed by atoms with E-state index >= 15 is 0 Å². The molecule has 5 heteroatoms. The van der Waals surface area contributed by atoms with Gasteiger partial charge in [0, 0.05) is 12.6 Å². The third-order valence-corrected chi connectivity index (χ3v) is 2.39. The van der Waals surface area contributed by atoms with Gasteiger partial charge in [0.05, 0.1) is 6.10 Å². The van der Waals surface area contributed by atoms with Crippen LogP contribution in [-0.4, -0.2) is 25.0 Å². The highest BCUT2D eigenvalue weighted by Gasteiger charge is 2.12. The molecule has 1 aromatic rings. The number of ether oxygens (including phenoxy) is 1. The van der Waals surface area contributed by atoms with E-state index in [1.165, 1.54) is 6.08 Å². The van der Waals surface area contributed by atoms with Gasteiger partial charge in [-0.3, -0.25) is 4.79 Å². The first-order valence-electron chi connectivity index (χ1n) is 6.13. The van der Waals surface area contributed by atoms with Crippen molar-refractivity contribution in [3.8, 4) is 6.07 Å². The molecule has 1 amide bonds. The second kappa shape index (κ2) is 7.10. The lowest BCUT2D eigenvalue weighted by Gasteiger charge is -2.06.